The van der Waals surface area contributed by atoms with Gasteiger partial charge in [-0.05, 0) is 61.4 Å². The number of anilines is 1. The molecule has 1 heterocycles. The number of ether oxygens (including phenoxy) is 1. The molecule has 3 rings (SSSR count). The predicted octanol–water partition coefficient (Wildman–Crippen LogP) is 3.26. The van der Waals surface area contributed by atoms with E-state index in [1.807, 2.05) is 0 Å². The normalized spacial score (nSPS) is 14.5. The number of carbonyl (C=O) groups is 2. The van der Waals surface area contributed by atoms with Gasteiger partial charge in [0.1, 0.15) is 11.6 Å². The molecular weight excluding hydrogens is 349 g/mol. The lowest BCUT2D eigenvalue weighted by Gasteiger charge is -2.32. The average molecular weight is 371 g/mol. The van der Waals surface area contributed by atoms with E-state index in [1.54, 1.807) is 36.3 Å². The summed E-state index contributed by atoms with van der Waals surface area (Å²) in [6.45, 7) is 1.10. The van der Waals surface area contributed by atoms with Gasteiger partial charge in [-0.1, -0.05) is 0 Å². The topological polar surface area (TPSA) is 70.7 Å². The second-order valence-electron chi connectivity index (χ2n) is 6.40. The number of nitrogens with one attached hydrogen (secondary N) is 2. The van der Waals surface area contributed by atoms with Gasteiger partial charge in [0.05, 0.1) is 7.11 Å². The minimum Gasteiger partial charge on any atom is -0.497 e. The highest BCUT2D eigenvalue weighted by molar-refractivity contribution is 5.94. The van der Waals surface area contributed by atoms with E-state index >= 15 is 0 Å². The van der Waals surface area contributed by atoms with Crippen LogP contribution in [0.1, 0.15) is 23.2 Å². The van der Waals surface area contributed by atoms with Gasteiger partial charge in [-0.3, -0.25) is 4.79 Å². The Bertz CT molecular complexity index is 785. The van der Waals surface area contributed by atoms with Crippen molar-refractivity contribution in [3.05, 3.63) is 59.9 Å². The van der Waals surface area contributed by atoms with E-state index in [-0.39, 0.29) is 23.8 Å². The molecule has 0 atom stereocenters. The summed E-state index contributed by atoms with van der Waals surface area (Å²) in [5, 5.41) is 5.80. The Morgan fingerprint density at radius 1 is 1.04 bits per heavy atom. The largest absolute Gasteiger partial charge is 0.497 e. The van der Waals surface area contributed by atoms with Crippen molar-refractivity contribution in [1.82, 2.24) is 10.2 Å². The third kappa shape index (κ3) is 4.97. The first-order valence-electron chi connectivity index (χ1n) is 8.81. The fraction of sp³-hybridized carbons (Fsp3) is 0.300. The maximum Gasteiger partial charge on any atom is 0.321 e. The number of benzene rings is 2. The number of amides is 3. The summed E-state index contributed by atoms with van der Waals surface area (Å²) >= 11 is 0. The summed E-state index contributed by atoms with van der Waals surface area (Å²) < 4.78 is 18.0. The zero-order valence-corrected chi connectivity index (χ0v) is 15.1. The van der Waals surface area contributed by atoms with Crippen molar-refractivity contribution in [2.45, 2.75) is 18.9 Å². The monoisotopic (exact) mass is 371 g/mol. The number of rotatable bonds is 4. The van der Waals surface area contributed by atoms with E-state index in [4.69, 9.17) is 4.74 Å². The van der Waals surface area contributed by atoms with Crippen LogP contribution in [0.5, 0.6) is 5.75 Å². The molecule has 0 spiro atoms. The molecular formula is C20H22FN3O3. The first-order chi connectivity index (χ1) is 13.0. The summed E-state index contributed by atoms with van der Waals surface area (Å²) in [5.74, 6) is 0.129. The fourth-order valence-corrected chi connectivity index (χ4v) is 2.97. The molecule has 0 unspecified atom stereocenters. The van der Waals surface area contributed by atoms with Crippen LogP contribution >= 0.6 is 0 Å². The minimum absolute atomic E-state index is 0.00686. The highest BCUT2D eigenvalue weighted by Crippen LogP contribution is 2.17. The van der Waals surface area contributed by atoms with E-state index in [9.17, 15) is 14.0 Å². The lowest BCUT2D eigenvalue weighted by atomic mass is 10.0. The lowest BCUT2D eigenvalue weighted by Crippen LogP contribution is -2.47. The molecule has 142 valence electrons. The van der Waals surface area contributed by atoms with Crippen molar-refractivity contribution in [3.8, 4) is 5.75 Å². The number of hydrogen-bond acceptors (Lipinski definition) is 3. The molecule has 0 saturated carbocycles. The van der Waals surface area contributed by atoms with Crippen LogP contribution in [0.25, 0.3) is 0 Å². The molecule has 0 aliphatic carbocycles. The summed E-state index contributed by atoms with van der Waals surface area (Å²) in [4.78, 5) is 26.3. The number of carbonyl (C=O) groups excluding carboxylic acids is 2. The third-order valence-corrected chi connectivity index (χ3v) is 4.57. The number of methoxy groups -OCH3 is 1. The van der Waals surface area contributed by atoms with Gasteiger partial charge in [-0.25, -0.2) is 9.18 Å². The second-order valence-corrected chi connectivity index (χ2v) is 6.40. The number of likely N-dealkylation sites (tertiary alicyclic amines) is 1. The van der Waals surface area contributed by atoms with Crippen molar-refractivity contribution >= 4 is 17.6 Å². The molecule has 7 heteroatoms. The van der Waals surface area contributed by atoms with Crippen molar-refractivity contribution in [1.29, 1.82) is 0 Å². The maximum atomic E-state index is 12.9. The Morgan fingerprint density at radius 3 is 2.26 bits per heavy atom. The van der Waals surface area contributed by atoms with Crippen molar-refractivity contribution in [2.24, 2.45) is 0 Å². The summed E-state index contributed by atoms with van der Waals surface area (Å²) in [6, 6.07) is 12.4. The van der Waals surface area contributed by atoms with Crippen LogP contribution in [0.2, 0.25) is 0 Å². The van der Waals surface area contributed by atoms with Gasteiger partial charge in [0.25, 0.3) is 5.91 Å². The van der Waals surface area contributed by atoms with E-state index in [1.165, 1.54) is 24.3 Å². The summed E-state index contributed by atoms with van der Waals surface area (Å²) in [7, 11) is 1.59. The molecule has 6 nitrogen and oxygen atoms in total. The molecule has 27 heavy (non-hydrogen) atoms. The summed E-state index contributed by atoms with van der Waals surface area (Å²) in [5.41, 5.74) is 1.13. The van der Waals surface area contributed by atoms with E-state index in [0.29, 0.717) is 37.2 Å². The molecule has 0 bridgehead atoms. The number of nitrogens with zero attached hydrogens (tertiary/aromatic N) is 1. The van der Waals surface area contributed by atoms with Gasteiger partial charge in [0.15, 0.2) is 0 Å². The minimum atomic E-state index is -0.372. The Hall–Kier alpha value is -3.09. The first-order valence-corrected chi connectivity index (χ1v) is 8.81. The van der Waals surface area contributed by atoms with Crippen LogP contribution in [-0.4, -0.2) is 43.1 Å². The predicted molar refractivity (Wildman–Crippen MR) is 100 cm³/mol. The Labute approximate surface area is 157 Å². The fourth-order valence-electron chi connectivity index (χ4n) is 2.97. The van der Waals surface area contributed by atoms with Gasteiger partial charge in [-0.2, -0.15) is 0 Å². The van der Waals surface area contributed by atoms with E-state index in [2.05, 4.69) is 10.6 Å². The maximum absolute atomic E-state index is 12.9. The molecule has 0 aromatic heterocycles. The Balaban J connectivity index is 1.47. The van der Waals surface area contributed by atoms with Gasteiger partial charge < -0.3 is 20.3 Å². The van der Waals surface area contributed by atoms with Crippen LogP contribution in [0.3, 0.4) is 0 Å². The van der Waals surface area contributed by atoms with Crippen molar-refractivity contribution in [2.75, 3.05) is 25.5 Å². The van der Waals surface area contributed by atoms with Crippen molar-refractivity contribution < 1.29 is 18.7 Å². The zero-order valence-electron chi connectivity index (χ0n) is 15.1. The quantitative estimate of drug-likeness (QED) is 0.867. The van der Waals surface area contributed by atoms with Gasteiger partial charge in [-0.15, -0.1) is 0 Å². The highest BCUT2D eigenvalue weighted by atomic mass is 19.1. The van der Waals surface area contributed by atoms with Gasteiger partial charge in [0.2, 0.25) is 0 Å². The summed E-state index contributed by atoms with van der Waals surface area (Å²) in [6.07, 6.45) is 1.34. The van der Waals surface area contributed by atoms with Crippen LogP contribution in [0, 0.1) is 5.82 Å². The molecule has 1 fully saturated rings. The number of piperidine rings is 1. The zero-order chi connectivity index (χ0) is 19.2. The molecule has 1 saturated heterocycles. The lowest BCUT2D eigenvalue weighted by molar-refractivity contribution is 0.0919. The molecule has 2 aromatic rings. The smallest absolute Gasteiger partial charge is 0.321 e. The molecule has 3 amide bonds. The Kier molecular flexibility index (Phi) is 5.90. The number of urea groups is 1. The van der Waals surface area contributed by atoms with Crippen LogP contribution in [0.15, 0.2) is 48.5 Å². The number of hydrogen-bond donors (Lipinski definition) is 2. The number of halogens is 1. The average Bonchev–Trinajstić information content (AvgIpc) is 2.69. The highest BCUT2D eigenvalue weighted by Gasteiger charge is 2.24. The van der Waals surface area contributed by atoms with Crippen molar-refractivity contribution in [3.63, 3.8) is 0 Å². The Morgan fingerprint density at radius 2 is 1.67 bits per heavy atom. The van der Waals surface area contributed by atoms with E-state index in [0.717, 1.165) is 5.75 Å². The standard InChI is InChI=1S/C20H22FN3O3/c1-27-18-8-6-16(7-9-18)23-20(26)24-12-10-17(11-13-24)22-19(25)14-2-4-15(21)5-3-14/h2-9,17H,10-13H2,1H3,(H,22,25)(H,23,26). The van der Waals surface area contributed by atoms with Gasteiger partial charge in [0, 0.05) is 30.4 Å². The molecule has 1 aliphatic heterocycles. The SMILES string of the molecule is COc1ccc(NC(=O)N2CCC(NC(=O)c3ccc(F)cc3)CC2)cc1. The van der Waals surface area contributed by atoms with E-state index < -0.39 is 0 Å². The van der Waals surface area contributed by atoms with Gasteiger partial charge >= 0.3 is 6.03 Å². The van der Waals surface area contributed by atoms with Crippen LogP contribution < -0.4 is 15.4 Å². The third-order valence-electron chi connectivity index (χ3n) is 4.57. The van der Waals surface area contributed by atoms with Crippen LogP contribution in [0.4, 0.5) is 14.9 Å². The molecule has 2 N–H and O–H groups in total. The van der Waals surface area contributed by atoms with Crippen LogP contribution in [-0.2, 0) is 0 Å². The molecule has 1 aliphatic rings. The first kappa shape index (κ1) is 18.7. The second kappa shape index (κ2) is 8.53. The molecule has 2 aromatic carbocycles. The molecule has 0 radical (unpaired) electrons.